The van der Waals surface area contributed by atoms with E-state index in [-0.39, 0.29) is 5.78 Å². The number of piperidine rings is 1. The lowest BCUT2D eigenvalue weighted by atomic mass is 9.84. The number of rotatable bonds is 5. The topological polar surface area (TPSA) is 62.7 Å². The zero-order valence-electron chi connectivity index (χ0n) is 19.8. The average molecular weight is 489 g/mol. The predicted molar refractivity (Wildman–Crippen MR) is 138 cm³/mol. The Hall–Kier alpha value is -2.99. The molecule has 1 fully saturated rings. The average Bonchev–Trinajstić information content (AvgIpc) is 3.02. The van der Waals surface area contributed by atoms with Crippen LogP contribution >= 0.6 is 11.6 Å². The van der Waals surface area contributed by atoms with Crippen LogP contribution in [0.1, 0.15) is 58.9 Å². The number of ether oxygens (including phenoxy) is 1. The zero-order valence-corrected chi connectivity index (χ0v) is 20.6. The Balaban J connectivity index is 1.33. The number of pyridine rings is 1. The van der Waals surface area contributed by atoms with Crippen molar-refractivity contribution in [3.63, 3.8) is 0 Å². The first kappa shape index (κ1) is 23.7. The maximum absolute atomic E-state index is 12.1. The third kappa shape index (κ3) is 5.03. The summed E-state index contributed by atoms with van der Waals surface area (Å²) < 4.78 is 6.05. The molecule has 6 heteroatoms. The molecule has 0 spiro atoms. The summed E-state index contributed by atoms with van der Waals surface area (Å²) in [5.41, 5.74) is 4.73. The highest BCUT2D eigenvalue weighted by Gasteiger charge is 2.33. The molecule has 0 amide bonds. The van der Waals surface area contributed by atoms with Crippen LogP contribution in [0.25, 0.3) is 5.57 Å². The number of hydrogen-bond donors (Lipinski definition) is 1. The Morgan fingerprint density at radius 1 is 1.14 bits per heavy atom. The smallest absolute Gasteiger partial charge is 0.159 e. The van der Waals surface area contributed by atoms with Gasteiger partial charge in [-0.05, 0) is 73.7 Å². The molecule has 5 nitrogen and oxygen atoms in total. The molecule has 180 valence electrons. The van der Waals surface area contributed by atoms with E-state index in [0.29, 0.717) is 30.0 Å². The molecule has 0 saturated carbocycles. The molecule has 2 aliphatic rings. The number of fused-ring (bicyclic) bond motifs is 2. The molecule has 3 aromatic rings. The van der Waals surface area contributed by atoms with Crippen LogP contribution < -0.4 is 4.74 Å². The van der Waals surface area contributed by atoms with Gasteiger partial charge in [0.2, 0.25) is 0 Å². The number of carbonyl (C=O) groups is 1. The van der Waals surface area contributed by atoms with Gasteiger partial charge >= 0.3 is 0 Å². The molecular formula is C29H29ClN2O3. The number of carbonyl (C=O) groups excluding carboxylic acids is 1. The number of halogens is 1. The van der Waals surface area contributed by atoms with Gasteiger partial charge in [0.15, 0.2) is 5.78 Å². The highest BCUT2D eigenvalue weighted by molar-refractivity contribution is 6.30. The van der Waals surface area contributed by atoms with Gasteiger partial charge in [0, 0.05) is 47.5 Å². The molecule has 2 aromatic carbocycles. The number of benzene rings is 2. The van der Waals surface area contributed by atoms with Crippen LogP contribution in [0.3, 0.4) is 0 Å². The minimum atomic E-state index is -0.801. The van der Waals surface area contributed by atoms with E-state index in [0.717, 1.165) is 59.8 Å². The maximum atomic E-state index is 12.1. The lowest BCUT2D eigenvalue weighted by molar-refractivity contribution is -0.0254. The number of aromatic nitrogens is 1. The Labute approximate surface area is 211 Å². The Kier molecular flexibility index (Phi) is 6.74. The van der Waals surface area contributed by atoms with Crippen molar-refractivity contribution in [3.05, 3.63) is 99.8 Å². The van der Waals surface area contributed by atoms with E-state index >= 15 is 0 Å². The molecule has 3 heterocycles. The van der Waals surface area contributed by atoms with E-state index in [1.165, 1.54) is 0 Å². The number of ketones is 1. The summed E-state index contributed by atoms with van der Waals surface area (Å²) in [7, 11) is 0. The minimum absolute atomic E-state index is 0.0318. The van der Waals surface area contributed by atoms with Crippen molar-refractivity contribution in [2.75, 3.05) is 19.6 Å². The van der Waals surface area contributed by atoms with Crippen LogP contribution in [0, 0.1) is 0 Å². The van der Waals surface area contributed by atoms with Crippen LogP contribution in [0.15, 0.2) is 66.9 Å². The Bertz CT molecular complexity index is 1260. The third-order valence-corrected chi connectivity index (χ3v) is 7.33. The first-order valence-corrected chi connectivity index (χ1v) is 12.4. The second kappa shape index (κ2) is 9.94. The fraction of sp³-hybridized carbons (Fsp3) is 0.310. The summed E-state index contributed by atoms with van der Waals surface area (Å²) in [6.45, 7) is 4.52. The maximum Gasteiger partial charge on any atom is 0.159 e. The van der Waals surface area contributed by atoms with Gasteiger partial charge in [-0.1, -0.05) is 35.9 Å². The van der Waals surface area contributed by atoms with Crippen LogP contribution in [0.4, 0.5) is 0 Å². The van der Waals surface area contributed by atoms with E-state index in [9.17, 15) is 9.90 Å². The summed E-state index contributed by atoms with van der Waals surface area (Å²) >= 11 is 6.01. The fourth-order valence-corrected chi connectivity index (χ4v) is 5.11. The number of Topliss-reactive ketones (excluding diaryl/α,β-unsaturated/α-hetero) is 1. The normalized spacial score (nSPS) is 18.3. The van der Waals surface area contributed by atoms with Crippen molar-refractivity contribution in [1.82, 2.24) is 9.88 Å². The van der Waals surface area contributed by atoms with Crippen molar-refractivity contribution in [2.45, 2.75) is 38.4 Å². The van der Waals surface area contributed by atoms with Gasteiger partial charge in [0.1, 0.15) is 12.4 Å². The van der Waals surface area contributed by atoms with Crippen LogP contribution in [-0.2, 0) is 12.2 Å². The Morgan fingerprint density at radius 3 is 2.66 bits per heavy atom. The molecule has 35 heavy (non-hydrogen) atoms. The van der Waals surface area contributed by atoms with Gasteiger partial charge in [0.05, 0.1) is 11.3 Å². The van der Waals surface area contributed by atoms with Crippen molar-refractivity contribution >= 4 is 23.0 Å². The summed E-state index contributed by atoms with van der Waals surface area (Å²) in [5.74, 6) is 0.801. The van der Waals surface area contributed by atoms with Crippen LogP contribution in [0.5, 0.6) is 5.75 Å². The largest absolute Gasteiger partial charge is 0.487 e. The number of aliphatic hydroxyl groups is 1. The van der Waals surface area contributed by atoms with E-state index in [1.54, 1.807) is 13.1 Å². The Morgan fingerprint density at radius 2 is 1.91 bits per heavy atom. The molecule has 1 aromatic heterocycles. The molecule has 0 radical (unpaired) electrons. The first-order chi connectivity index (χ1) is 16.9. The van der Waals surface area contributed by atoms with Crippen molar-refractivity contribution in [3.8, 4) is 5.75 Å². The summed E-state index contributed by atoms with van der Waals surface area (Å²) in [6.07, 6.45) is 6.24. The lowest BCUT2D eigenvalue weighted by Gasteiger charge is -2.38. The summed E-state index contributed by atoms with van der Waals surface area (Å²) in [5, 5.41) is 11.9. The quantitative estimate of drug-likeness (QED) is 0.471. The summed E-state index contributed by atoms with van der Waals surface area (Å²) in [4.78, 5) is 19.0. The molecule has 0 unspecified atom stereocenters. The minimum Gasteiger partial charge on any atom is -0.487 e. The SMILES string of the molecule is CC(=O)c1ccc2c(c1)/C(=C/CCN1CCC(O)(c3ccc(Cl)cc3)CC1)c1cccnc1CO2. The lowest BCUT2D eigenvalue weighted by Crippen LogP contribution is -2.42. The summed E-state index contributed by atoms with van der Waals surface area (Å²) in [6, 6.07) is 17.2. The van der Waals surface area contributed by atoms with E-state index in [1.807, 2.05) is 48.5 Å². The second-order valence-electron chi connectivity index (χ2n) is 9.34. The number of nitrogens with zero attached hydrogens (tertiary/aromatic N) is 2. The van der Waals surface area contributed by atoms with Gasteiger partial charge in [-0.3, -0.25) is 9.78 Å². The van der Waals surface area contributed by atoms with Crippen LogP contribution in [0.2, 0.25) is 5.02 Å². The van der Waals surface area contributed by atoms with Crippen molar-refractivity contribution < 1.29 is 14.6 Å². The van der Waals surface area contributed by atoms with Gasteiger partial charge < -0.3 is 14.7 Å². The molecule has 0 atom stereocenters. The van der Waals surface area contributed by atoms with E-state index < -0.39 is 5.60 Å². The van der Waals surface area contributed by atoms with Gasteiger partial charge in [-0.15, -0.1) is 0 Å². The van der Waals surface area contributed by atoms with Gasteiger partial charge in [-0.2, -0.15) is 0 Å². The van der Waals surface area contributed by atoms with E-state index in [4.69, 9.17) is 16.3 Å². The molecule has 1 saturated heterocycles. The highest BCUT2D eigenvalue weighted by Crippen LogP contribution is 2.37. The molecule has 5 rings (SSSR count). The molecule has 0 aliphatic carbocycles. The third-order valence-electron chi connectivity index (χ3n) is 7.08. The monoisotopic (exact) mass is 488 g/mol. The van der Waals surface area contributed by atoms with Crippen molar-refractivity contribution in [1.29, 1.82) is 0 Å². The molecule has 2 aliphatic heterocycles. The number of likely N-dealkylation sites (tertiary alicyclic amines) is 1. The fourth-order valence-electron chi connectivity index (χ4n) is 4.98. The second-order valence-corrected chi connectivity index (χ2v) is 9.78. The van der Waals surface area contributed by atoms with Gasteiger partial charge in [0.25, 0.3) is 0 Å². The molecule has 0 bridgehead atoms. The van der Waals surface area contributed by atoms with Crippen molar-refractivity contribution in [2.24, 2.45) is 0 Å². The number of hydrogen-bond acceptors (Lipinski definition) is 5. The predicted octanol–water partition coefficient (Wildman–Crippen LogP) is 5.64. The molecular weight excluding hydrogens is 460 g/mol. The zero-order chi connectivity index (χ0) is 24.4. The molecule has 1 N–H and O–H groups in total. The first-order valence-electron chi connectivity index (χ1n) is 12.1. The highest BCUT2D eigenvalue weighted by atomic mass is 35.5. The standard InChI is InChI=1S/C29H29ClN2O3/c1-20(33)21-6-11-28-26(18-21)24(25-4-2-14-31-27(25)19-35-28)5-3-15-32-16-12-29(34,13-17-32)22-7-9-23(30)10-8-22/h2,4-11,14,18,34H,3,12-13,15-17,19H2,1H3/b24-5+. The van der Waals surface area contributed by atoms with E-state index in [2.05, 4.69) is 22.0 Å². The van der Waals surface area contributed by atoms with Crippen LogP contribution in [-0.4, -0.2) is 40.4 Å². The van der Waals surface area contributed by atoms with Gasteiger partial charge in [-0.25, -0.2) is 0 Å².